The first-order chi connectivity index (χ1) is 13.7. The van der Waals surface area contributed by atoms with Crippen LogP contribution in [0.15, 0.2) is 24.4 Å². The third-order valence-corrected chi connectivity index (χ3v) is 4.51. The molecule has 1 aromatic heterocycles. The highest BCUT2D eigenvalue weighted by molar-refractivity contribution is 5.90. The van der Waals surface area contributed by atoms with Crippen LogP contribution in [-0.2, 0) is 40.5 Å². The maximum atomic E-state index is 12.3. The van der Waals surface area contributed by atoms with Gasteiger partial charge in [0.25, 0.3) is 0 Å². The van der Waals surface area contributed by atoms with E-state index in [1.54, 1.807) is 22.9 Å². The van der Waals surface area contributed by atoms with Crippen LogP contribution >= 0.6 is 0 Å². The lowest BCUT2D eigenvalue weighted by Gasteiger charge is -2.24. The summed E-state index contributed by atoms with van der Waals surface area (Å²) in [5.41, 5.74) is 3.64. The highest BCUT2D eigenvalue weighted by Crippen LogP contribution is 2.26. The van der Waals surface area contributed by atoms with E-state index in [2.05, 4.69) is 11.2 Å². The molecule has 0 radical (unpaired) electrons. The van der Waals surface area contributed by atoms with Crippen molar-refractivity contribution in [1.29, 1.82) is 0 Å². The molecule has 0 bridgehead atoms. The molecule has 1 amide bonds. The summed E-state index contributed by atoms with van der Waals surface area (Å²) in [5, 5.41) is 4.45. The molecule has 1 aromatic carbocycles. The standard InChI is InChI=1S/C21H27N3O5/c1-21(2,3)29-20(26)23-10-15-7-6-14(8-16(15)11-23)9-24-12-17(19(25)28-5)18(22-24)13-27-4/h6-8,12H,9-11,13H2,1-5H3. The molecule has 0 aliphatic carbocycles. The number of hydrogen-bond acceptors (Lipinski definition) is 6. The number of amides is 1. The Morgan fingerprint density at radius 1 is 1.14 bits per heavy atom. The Kier molecular flexibility index (Phi) is 5.93. The molecule has 0 saturated heterocycles. The molecule has 0 N–H and O–H groups in total. The van der Waals surface area contributed by atoms with Crippen molar-refractivity contribution < 1.29 is 23.8 Å². The maximum Gasteiger partial charge on any atom is 0.410 e. The molecule has 0 unspecified atom stereocenters. The van der Waals surface area contributed by atoms with Gasteiger partial charge >= 0.3 is 12.1 Å². The molecule has 3 rings (SSSR count). The van der Waals surface area contributed by atoms with Crippen LogP contribution in [0.2, 0.25) is 0 Å². The molecule has 8 heteroatoms. The van der Waals surface area contributed by atoms with E-state index in [0.717, 1.165) is 16.7 Å². The average molecular weight is 401 g/mol. The topological polar surface area (TPSA) is 82.9 Å². The lowest BCUT2D eigenvalue weighted by molar-refractivity contribution is 0.0241. The van der Waals surface area contributed by atoms with Gasteiger partial charge in [-0.05, 0) is 37.5 Å². The van der Waals surface area contributed by atoms with Crippen molar-refractivity contribution in [3.05, 3.63) is 52.3 Å². The first-order valence-electron chi connectivity index (χ1n) is 9.42. The second-order valence-corrected chi connectivity index (χ2v) is 8.05. The molecule has 0 saturated carbocycles. The van der Waals surface area contributed by atoms with Gasteiger partial charge in [-0.1, -0.05) is 18.2 Å². The SMILES string of the molecule is COCc1nn(Cc2ccc3c(c2)CN(C(=O)OC(C)(C)C)C3)cc1C(=O)OC. The number of fused-ring (bicyclic) bond motifs is 1. The molecule has 1 aliphatic heterocycles. The highest BCUT2D eigenvalue weighted by Gasteiger charge is 2.28. The lowest BCUT2D eigenvalue weighted by atomic mass is 10.1. The van der Waals surface area contributed by atoms with Crippen molar-refractivity contribution in [3.8, 4) is 0 Å². The van der Waals surface area contributed by atoms with Crippen LogP contribution in [0.5, 0.6) is 0 Å². The van der Waals surface area contributed by atoms with Crippen LogP contribution in [0, 0.1) is 0 Å². The fraction of sp³-hybridized carbons (Fsp3) is 0.476. The van der Waals surface area contributed by atoms with Crippen molar-refractivity contribution in [3.63, 3.8) is 0 Å². The molecule has 1 aliphatic rings. The van der Waals surface area contributed by atoms with Crippen LogP contribution in [-0.4, -0.2) is 46.6 Å². The van der Waals surface area contributed by atoms with E-state index in [1.165, 1.54) is 7.11 Å². The monoisotopic (exact) mass is 401 g/mol. The molecule has 2 heterocycles. The highest BCUT2D eigenvalue weighted by atomic mass is 16.6. The summed E-state index contributed by atoms with van der Waals surface area (Å²) >= 11 is 0. The van der Waals surface area contributed by atoms with E-state index in [9.17, 15) is 9.59 Å². The molecule has 156 valence electrons. The molecule has 0 spiro atoms. The van der Waals surface area contributed by atoms with E-state index < -0.39 is 11.6 Å². The van der Waals surface area contributed by atoms with Gasteiger partial charge in [-0.2, -0.15) is 5.10 Å². The number of carbonyl (C=O) groups excluding carboxylic acids is 2. The quantitative estimate of drug-likeness (QED) is 0.716. The van der Waals surface area contributed by atoms with Gasteiger partial charge in [0.1, 0.15) is 16.9 Å². The maximum absolute atomic E-state index is 12.3. The van der Waals surface area contributed by atoms with Crippen molar-refractivity contribution in [2.75, 3.05) is 14.2 Å². The van der Waals surface area contributed by atoms with Gasteiger partial charge in [0.2, 0.25) is 0 Å². The number of benzene rings is 1. The van der Waals surface area contributed by atoms with Crippen LogP contribution in [0.1, 0.15) is 53.5 Å². The van der Waals surface area contributed by atoms with Gasteiger partial charge in [-0.25, -0.2) is 9.59 Å². The minimum atomic E-state index is -0.519. The Morgan fingerprint density at radius 2 is 1.86 bits per heavy atom. The van der Waals surface area contributed by atoms with E-state index in [-0.39, 0.29) is 12.7 Å². The van der Waals surface area contributed by atoms with Crippen LogP contribution in [0.4, 0.5) is 4.79 Å². The lowest BCUT2D eigenvalue weighted by Crippen LogP contribution is -2.33. The van der Waals surface area contributed by atoms with E-state index in [1.807, 2.05) is 32.9 Å². The molecule has 0 atom stereocenters. The average Bonchev–Trinajstić information content (AvgIpc) is 3.24. The molecule has 0 fully saturated rings. The summed E-state index contributed by atoms with van der Waals surface area (Å²) in [6, 6.07) is 6.10. The van der Waals surface area contributed by atoms with Gasteiger partial charge < -0.3 is 14.2 Å². The first kappa shape index (κ1) is 20.9. The molecular weight excluding hydrogens is 374 g/mol. The Morgan fingerprint density at radius 3 is 2.52 bits per heavy atom. The van der Waals surface area contributed by atoms with Crippen molar-refractivity contribution in [1.82, 2.24) is 14.7 Å². The van der Waals surface area contributed by atoms with Crippen LogP contribution in [0.25, 0.3) is 0 Å². The minimum absolute atomic E-state index is 0.229. The Balaban J connectivity index is 1.73. The van der Waals surface area contributed by atoms with Gasteiger partial charge in [-0.3, -0.25) is 9.58 Å². The number of rotatable bonds is 5. The summed E-state index contributed by atoms with van der Waals surface area (Å²) in [4.78, 5) is 26.0. The van der Waals surface area contributed by atoms with Crippen LogP contribution < -0.4 is 0 Å². The van der Waals surface area contributed by atoms with E-state index in [0.29, 0.717) is 30.9 Å². The van der Waals surface area contributed by atoms with Gasteiger partial charge in [0, 0.05) is 26.4 Å². The minimum Gasteiger partial charge on any atom is -0.465 e. The molecule has 8 nitrogen and oxygen atoms in total. The molecule has 2 aromatic rings. The van der Waals surface area contributed by atoms with Crippen molar-refractivity contribution >= 4 is 12.1 Å². The largest absolute Gasteiger partial charge is 0.465 e. The predicted octanol–water partition coefficient (Wildman–Crippen LogP) is 3.12. The zero-order valence-corrected chi connectivity index (χ0v) is 17.5. The number of nitrogens with zero attached hydrogens (tertiary/aromatic N) is 3. The Hall–Kier alpha value is -2.87. The van der Waals surface area contributed by atoms with E-state index >= 15 is 0 Å². The van der Waals surface area contributed by atoms with Crippen molar-refractivity contribution in [2.45, 2.75) is 52.6 Å². The second-order valence-electron chi connectivity index (χ2n) is 8.05. The number of esters is 1. The van der Waals surface area contributed by atoms with E-state index in [4.69, 9.17) is 14.2 Å². The molecule has 29 heavy (non-hydrogen) atoms. The van der Waals surface area contributed by atoms with Crippen molar-refractivity contribution in [2.24, 2.45) is 0 Å². The van der Waals surface area contributed by atoms with Gasteiger partial charge in [0.05, 0.1) is 20.3 Å². The van der Waals surface area contributed by atoms with Gasteiger partial charge in [0.15, 0.2) is 0 Å². The number of aromatic nitrogens is 2. The zero-order chi connectivity index (χ0) is 21.2. The first-order valence-corrected chi connectivity index (χ1v) is 9.42. The van der Waals surface area contributed by atoms with Gasteiger partial charge in [-0.15, -0.1) is 0 Å². The number of ether oxygens (including phenoxy) is 3. The zero-order valence-electron chi connectivity index (χ0n) is 17.5. The second kappa shape index (κ2) is 8.24. The predicted molar refractivity (Wildman–Crippen MR) is 105 cm³/mol. The summed E-state index contributed by atoms with van der Waals surface area (Å²) in [5.74, 6) is -0.440. The smallest absolute Gasteiger partial charge is 0.410 e. The number of carbonyl (C=O) groups is 2. The normalized spacial score (nSPS) is 13.3. The Labute approximate surface area is 170 Å². The van der Waals surface area contributed by atoms with Crippen LogP contribution in [0.3, 0.4) is 0 Å². The fourth-order valence-corrected chi connectivity index (χ4v) is 3.25. The third-order valence-electron chi connectivity index (χ3n) is 4.51. The third kappa shape index (κ3) is 4.95. The molecular formula is C21H27N3O5. The Bertz CT molecular complexity index is 914. The summed E-state index contributed by atoms with van der Waals surface area (Å²) in [7, 11) is 2.89. The summed E-state index contributed by atoms with van der Waals surface area (Å²) < 4.78 is 17.1. The fourth-order valence-electron chi connectivity index (χ4n) is 3.25. The number of methoxy groups -OCH3 is 2. The summed E-state index contributed by atoms with van der Waals surface area (Å²) in [6.45, 7) is 7.35. The number of hydrogen-bond donors (Lipinski definition) is 0. The summed E-state index contributed by atoms with van der Waals surface area (Å²) in [6.07, 6.45) is 1.36.